The van der Waals surface area contributed by atoms with Crippen LogP contribution in [0.3, 0.4) is 0 Å². The van der Waals surface area contributed by atoms with Gasteiger partial charge < -0.3 is 15.4 Å². The number of thiazole rings is 1. The second-order valence-corrected chi connectivity index (χ2v) is 5.52. The smallest absolute Gasteiger partial charge is 0.238 e. The predicted molar refractivity (Wildman–Crippen MR) is 80.2 cm³/mol. The maximum absolute atomic E-state index is 11.8. The van der Waals surface area contributed by atoms with E-state index in [1.54, 1.807) is 18.4 Å². The van der Waals surface area contributed by atoms with E-state index < -0.39 is 0 Å². The van der Waals surface area contributed by atoms with Crippen LogP contribution in [0.5, 0.6) is 5.75 Å². The zero-order chi connectivity index (χ0) is 14.4. The molecule has 20 heavy (non-hydrogen) atoms. The molecule has 0 fully saturated rings. The van der Waals surface area contributed by atoms with E-state index in [0.717, 1.165) is 9.88 Å². The normalized spacial score (nSPS) is 10.3. The van der Waals surface area contributed by atoms with Gasteiger partial charge in [0.25, 0.3) is 0 Å². The molecule has 0 unspecified atom stereocenters. The quantitative estimate of drug-likeness (QED) is 0.856. The van der Waals surface area contributed by atoms with E-state index in [9.17, 15) is 4.79 Å². The van der Waals surface area contributed by atoms with Gasteiger partial charge in [-0.25, -0.2) is 4.98 Å². The van der Waals surface area contributed by atoms with Gasteiger partial charge in [-0.3, -0.25) is 4.79 Å². The van der Waals surface area contributed by atoms with Crippen LogP contribution in [0.25, 0.3) is 0 Å². The van der Waals surface area contributed by atoms with Crippen molar-refractivity contribution in [3.8, 4) is 5.75 Å². The fourth-order valence-electron chi connectivity index (χ4n) is 1.73. The summed E-state index contributed by atoms with van der Waals surface area (Å²) in [6.45, 7) is 2.85. The Morgan fingerprint density at radius 3 is 2.90 bits per heavy atom. The molecule has 106 valence electrons. The van der Waals surface area contributed by atoms with Crippen molar-refractivity contribution in [2.75, 3.05) is 19.0 Å². The molecule has 6 heteroatoms. The Morgan fingerprint density at radius 2 is 2.20 bits per heavy atom. The molecule has 2 rings (SSSR count). The van der Waals surface area contributed by atoms with Crippen LogP contribution >= 0.6 is 11.3 Å². The second-order valence-electron chi connectivity index (χ2n) is 4.20. The minimum Gasteiger partial charge on any atom is -0.495 e. The third-order valence-electron chi connectivity index (χ3n) is 2.63. The molecule has 1 amide bonds. The molecule has 1 aromatic heterocycles. The van der Waals surface area contributed by atoms with Gasteiger partial charge in [0.15, 0.2) is 0 Å². The van der Waals surface area contributed by atoms with E-state index >= 15 is 0 Å². The Bertz CT molecular complexity index is 583. The summed E-state index contributed by atoms with van der Waals surface area (Å²) in [5, 5.41) is 6.93. The summed E-state index contributed by atoms with van der Waals surface area (Å²) in [7, 11) is 1.58. The van der Waals surface area contributed by atoms with Crippen LogP contribution in [0.1, 0.15) is 9.88 Å². The Morgan fingerprint density at radius 1 is 1.40 bits per heavy atom. The van der Waals surface area contributed by atoms with Gasteiger partial charge in [0.1, 0.15) is 5.75 Å². The summed E-state index contributed by atoms with van der Waals surface area (Å²) < 4.78 is 5.18. The molecular formula is C14H17N3O2S. The van der Waals surface area contributed by atoms with Gasteiger partial charge in [-0.05, 0) is 19.1 Å². The molecule has 0 saturated carbocycles. The van der Waals surface area contributed by atoms with E-state index in [1.165, 1.54) is 0 Å². The standard InChI is InChI=1S/C14H17N3O2S/c1-10-16-8-11(20-10)7-15-9-14(18)17-12-5-3-4-6-13(12)19-2/h3-6,8,15H,7,9H2,1-2H3,(H,17,18). The lowest BCUT2D eigenvalue weighted by Gasteiger charge is -2.09. The number of anilines is 1. The fraction of sp³-hybridized carbons (Fsp3) is 0.286. The third kappa shape index (κ3) is 4.04. The number of benzene rings is 1. The number of carbonyl (C=O) groups is 1. The first kappa shape index (κ1) is 14.5. The van der Waals surface area contributed by atoms with Crippen LogP contribution in [0, 0.1) is 6.92 Å². The number of hydrogen-bond acceptors (Lipinski definition) is 5. The lowest BCUT2D eigenvalue weighted by Crippen LogP contribution is -2.27. The van der Waals surface area contributed by atoms with Crippen molar-refractivity contribution in [3.05, 3.63) is 40.3 Å². The molecule has 5 nitrogen and oxygen atoms in total. The first-order valence-electron chi connectivity index (χ1n) is 6.24. The van der Waals surface area contributed by atoms with Crippen LogP contribution < -0.4 is 15.4 Å². The molecule has 0 bridgehead atoms. The van der Waals surface area contributed by atoms with Crippen molar-refractivity contribution in [2.45, 2.75) is 13.5 Å². The van der Waals surface area contributed by atoms with Gasteiger partial charge in [0.2, 0.25) is 5.91 Å². The van der Waals surface area contributed by atoms with E-state index in [2.05, 4.69) is 15.6 Å². The number of methoxy groups -OCH3 is 1. The summed E-state index contributed by atoms with van der Waals surface area (Å²) in [5.74, 6) is 0.551. The van der Waals surface area contributed by atoms with Gasteiger partial charge in [0, 0.05) is 17.6 Å². The molecule has 0 atom stereocenters. The summed E-state index contributed by atoms with van der Waals surface area (Å²) in [5.41, 5.74) is 0.676. The Kier molecular flexibility index (Phi) is 5.09. The maximum atomic E-state index is 11.8. The summed E-state index contributed by atoms with van der Waals surface area (Å²) in [6.07, 6.45) is 1.82. The van der Waals surface area contributed by atoms with E-state index in [4.69, 9.17) is 4.74 Å². The molecule has 2 N–H and O–H groups in total. The SMILES string of the molecule is COc1ccccc1NC(=O)CNCc1cnc(C)s1. The molecule has 1 aromatic carbocycles. The second kappa shape index (κ2) is 7.02. The van der Waals surface area contributed by atoms with Gasteiger partial charge in [0.05, 0.1) is 24.3 Å². The van der Waals surface area contributed by atoms with Gasteiger partial charge >= 0.3 is 0 Å². The minimum atomic E-state index is -0.101. The largest absolute Gasteiger partial charge is 0.495 e. The van der Waals surface area contributed by atoms with Crippen LogP contribution in [0.4, 0.5) is 5.69 Å². The molecule has 0 saturated heterocycles. The highest BCUT2D eigenvalue weighted by atomic mass is 32.1. The molecule has 0 aliphatic rings. The number of amides is 1. The summed E-state index contributed by atoms with van der Waals surface area (Å²) >= 11 is 1.62. The third-order valence-corrected chi connectivity index (χ3v) is 3.55. The zero-order valence-electron chi connectivity index (χ0n) is 11.5. The van der Waals surface area contributed by atoms with Gasteiger partial charge in [-0.1, -0.05) is 12.1 Å². The Balaban J connectivity index is 1.80. The first-order valence-corrected chi connectivity index (χ1v) is 7.05. The lowest BCUT2D eigenvalue weighted by molar-refractivity contribution is -0.115. The number of nitrogens with zero attached hydrogens (tertiary/aromatic N) is 1. The average molecular weight is 291 g/mol. The van der Waals surface area contributed by atoms with Crippen LogP contribution in [0.15, 0.2) is 30.5 Å². The van der Waals surface area contributed by atoms with E-state index in [-0.39, 0.29) is 12.5 Å². The predicted octanol–water partition coefficient (Wildman–Crippen LogP) is 2.19. The van der Waals surface area contributed by atoms with E-state index in [0.29, 0.717) is 18.0 Å². The number of carbonyl (C=O) groups excluding carboxylic acids is 1. The highest BCUT2D eigenvalue weighted by molar-refractivity contribution is 7.11. The van der Waals surface area contributed by atoms with Gasteiger partial charge in [-0.15, -0.1) is 11.3 Å². The molecular weight excluding hydrogens is 274 g/mol. The molecule has 1 heterocycles. The number of nitrogens with one attached hydrogen (secondary N) is 2. The van der Waals surface area contributed by atoms with Crippen molar-refractivity contribution >= 4 is 22.9 Å². The molecule has 0 spiro atoms. The van der Waals surface area contributed by atoms with Crippen LogP contribution in [-0.4, -0.2) is 24.5 Å². The van der Waals surface area contributed by atoms with Crippen molar-refractivity contribution in [1.82, 2.24) is 10.3 Å². The van der Waals surface area contributed by atoms with Crippen LogP contribution in [0.2, 0.25) is 0 Å². The van der Waals surface area contributed by atoms with E-state index in [1.807, 2.05) is 37.4 Å². The minimum absolute atomic E-state index is 0.101. The number of aryl methyl sites for hydroxylation is 1. The Hall–Kier alpha value is -1.92. The highest BCUT2D eigenvalue weighted by Gasteiger charge is 2.06. The number of para-hydroxylation sites is 2. The zero-order valence-corrected chi connectivity index (χ0v) is 12.3. The summed E-state index contributed by atoms with van der Waals surface area (Å²) in [6, 6.07) is 7.33. The van der Waals surface area contributed by atoms with Crippen molar-refractivity contribution in [1.29, 1.82) is 0 Å². The molecule has 2 aromatic rings. The fourth-order valence-corrected chi connectivity index (χ4v) is 2.49. The topological polar surface area (TPSA) is 63.2 Å². The molecule has 0 aliphatic heterocycles. The maximum Gasteiger partial charge on any atom is 0.238 e. The van der Waals surface area contributed by atoms with Gasteiger partial charge in [-0.2, -0.15) is 0 Å². The van der Waals surface area contributed by atoms with Crippen molar-refractivity contribution in [2.24, 2.45) is 0 Å². The summed E-state index contributed by atoms with van der Waals surface area (Å²) in [4.78, 5) is 17.1. The lowest BCUT2D eigenvalue weighted by atomic mass is 10.3. The number of ether oxygens (including phenoxy) is 1. The molecule has 0 aliphatic carbocycles. The number of rotatable bonds is 6. The number of hydrogen-bond donors (Lipinski definition) is 2. The van der Waals surface area contributed by atoms with Crippen LogP contribution in [-0.2, 0) is 11.3 Å². The monoisotopic (exact) mass is 291 g/mol. The number of aromatic nitrogens is 1. The van der Waals surface area contributed by atoms with Crippen molar-refractivity contribution < 1.29 is 9.53 Å². The molecule has 0 radical (unpaired) electrons. The first-order chi connectivity index (χ1) is 9.69. The average Bonchev–Trinajstić information content (AvgIpc) is 2.85. The van der Waals surface area contributed by atoms with Crippen molar-refractivity contribution in [3.63, 3.8) is 0 Å². The highest BCUT2D eigenvalue weighted by Crippen LogP contribution is 2.22. The Labute approximate surface area is 122 Å².